The zero-order valence-electron chi connectivity index (χ0n) is 9.16. The van der Waals surface area contributed by atoms with Gasteiger partial charge in [0.15, 0.2) is 0 Å². The van der Waals surface area contributed by atoms with Crippen molar-refractivity contribution in [3.63, 3.8) is 0 Å². The molecule has 0 amide bonds. The SMILES string of the molecule is COCCCNC(C)c1ccnn1C. The summed E-state index contributed by atoms with van der Waals surface area (Å²) < 4.78 is 6.88. The molecule has 0 aliphatic heterocycles. The molecule has 14 heavy (non-hydrogen) atoms. The van der Waals surface area contributed by atoms with Gasteiger partial charge in [0.2, 0.25) is 0 Å². The van der Waals surface area contributed by atoms with E-state index in [9.17, 15) is 0 Å². The van der Waals surface area contributed by atoms with E-state index in [1.54, 1.807) is 7.11 Å². The van der Waals surface area contributed by atoms with Gasteiger partial charge in [-0.1, -0.05) is 0 Å². The number of nitrogens with one attached hydrogen (secondary N) is 1. The summed E-state index contributed by atoms with van der Waals surface area (Å²) >= 11 is 0. The van der Waals surface area contributed by atoms with Gasteiger partial charge in [0.1, 0.15) is 0 Å². The summed E-state index contributed by atoms with van der Waals surface area (Å²) in [6.45, 7) is 3.93. The zero-order chi connectivity index (χ0) is 10.4. The summed E-state index contributed by atoms with van der Waals surface area (Å²) in [5.74, 6) is 0. The molecule has 0 aliphatic rings. The van der Waals surface area contributed by atoms with Crippen LogP contribution in [0.4, 0.5) is 0 Å². The Bertz CT molecular complexity index is 260. The standard InChI is InChI=1S/C10H19N3O/c1-9(11-6-4-8-14-3)10-5-7-12-13(10)2/h5,7,9,11H,4,6,8H2,1-3H3. The highest BCUT2D eigenvalue weighted by atomic mass is 16.5. The van der Waals surface area contributed by atoms with Crippen molar-refractivity contribution >= 4 is 0 Å². The first-order chi connectivity index (χ1) is 6.75. The van der Waals surface area contributed by atoms with Gasteiger partial charge >= 0.3 is 0 Å². The molecular weight excluding hydrogens is 178 g/mol. The Labute approximate surface area is 85.3 Å². The molecule has 1 unspecified atom stereocenters. The van der Waals surface area contributed by atoms with Gasteiger partial charge in [0.25, 0.3) is 0 Å². The Morgan fingerprint density at radius 1 is 1.64 bits per heavy atom. The molecule has 0 spiro atoms. The minimum absolute atomic E-state index is 0.347. The third-order valence-corrected chi connectivity index (χ3v) is 2.28. The van der Waals surface area contributed by atoms with Crippen LogP contribution in [0, 0.1) is 0 Å². The highest BCUT2D eigenvalue weighted by Gasteiger charge is 2.07. The highest BCUT2D eigenvalue weighted by Crippen LogP contribution is 2.09. The first kappa shape index (κ1) is 11.2. The Balaban J connectivity index is 2.28. The fourth-order valence-electron chi connectivity index (χ4n) is 1.45. The van der Waals surface area contributed by atoms with Crippen LogP contribution in [0.5, 0.6) is 0 Å². The maximum Gasteiger partial charge on any atom is 0.0547 e. The van der Waals surface area contributed by atoms with Crippen molar-refractivity contribution in [1.82, 2.24) is 15.1 Å². The summed E-state index contributed by atoms with van der Waals surface area (Å²) in [7, 11) is 3.69. The van der Waals surface area contributed by atoms with E-state index >= 15 is 0 Å². The lowest BCUT2D eigenvalue weighted by Crippen LogP contribution is -2.22. The summed E-state index contributed by atoms with van der Waals surface area (Å²) in [6, 6.07) is 2.38. The molecule has 4 heteroatoms. The van der Waals surface area contributed by atoms with Crippen LogP contribution in [0.25, 0.3) is 0 Å². The monoisotopic (exact) mass is 197 g/mol. The molecule has 0 radical (unpaired) electrons. The van der Waals surface area contributed by atoms with Gasteiger partial charge < -0.3 is 10.1 Å². The summed E-state index contributed by atoms with van der Waals surface area (Å²) in [5, 5.41) is 7.55. The second-order valence-corrected chi connectivity index (χ2v) is 3.40. The van der Waals surface area contributed by atoms with E-state index in [0.29, 0.717) is 6.04 Å². The minimum Gasteiger partial charge on any atom is -0.385 e. The molecule has 1 aromatic heterocycles. The van der Waals surface area contributed by atoms with E-state index in [-0.39, 0.29) is 0 Å². The molecule has 1 atom stereocenters. The van der Waals surface area contributed by atoms with Crippen molar-refractivity contribution in [2.24, 2.45) is 7.05 Å². The van der Waals surface area contributed by atoms with Gasteiger partial charge in [-0.25, -0.2) is 0 Å². The second-order valence-electron chi connectivity index (χ2n) is 3.40. The molecule has 0 saturated carbocycles. The summed E-state index contributed by atoms with van der Waals surface area (Å²) in [5.41, 5.74) is 1.21. The average Bonchev–Trinajstić information content (AvgIpc) is 2.59. The topological polar surface area (TPSA) is 39.1 Å². The predicted molar refractivity (Wildman–Crippen MR) is 56.1 cm³/mol. The van der Waals surface area contributed by atoms with Crippen molar-refractivity contribution < 1.29 is 4.74 Å². The van der Waals surface area contributed by atoms with Crippen LogP contribution in [-0.2, 0) is 11.8 Å². The van der Waals surface area contributed by atoms with Gasteiger partial charge in [-0.2, -0.15) is 5.10 Å². The Morgan fingerprint density at radius 3 is 3.00 bits per heavy atom. The molecule has 80 valence electrons. The molecule has 0 bridgehead atoms. The Kier molecular flexibility index (Phi) is 4.62. The van der Waals surface area contributed by atoms with Crippen LogP contribution >= 0.6 is 0 Å². The zero-order valence-corrected chi connectivity index (χ0v) is 9.16. The molecular formula is C10H19N3O. The van der Waals surface area contributed by atoms with Crippen LogP contribution in [0.15, 0.2) is 12.3 Å². The van der Waals surface area contributed by atoms with E-state index in [0.717, 1.165) is 19.6 Å². The third-order valence-electron chi connectivity index (χ3n) is 2.28. The molecule has 0 fully saturated rings. The molecule has 1 N–H and O–H groups in total. The number of nitrogens with zero attached hydrogens (tertiary/aromatic N) is 2. The van der Waals surface area contributed by atoms with Gasteiger partial charge in [-0.05, 0) is 26.0 Å². The third kappa shape index (κ3) is 3.12. The van der Waals surface area contributed by atoms with Crippen LogP contribution in [0.2, 0.25) is 0 Å². The van der Waals surface area contributed by atoms with E-state index in [1.165, 1.54) is 5.69 Å². The molecule has 4 nitrogen and oxygen atoms in total. The maximum atomic E-state index is 4.98. The summed E-state index contributed by atoms with van der Waals surface area (Å²) in [4.78, 5) is 0. The van der Waals surface area contributed by atoms with E-state index < -0.39 is 0 Å². The van der Waals surface area contributed by atoms with Crippen LogP contribution in [0.3, 0.4) is 0 Å². The number of rotatable bonds is 6. The predicted octanol–water partition coefficient (Wildman–Crippen LogP) is 1.11. The van der Waals surface area contributed by atoms with Gasteiger partial charge in [0, 0.05) is 33.0 Å². The van der Waals surface area contributed by atoms with Crippen LogP contribution in [-0.4, -0.2) is 30.0 Å². The van der Waals surface area contributed by atoms with E-state index in [2.05, 4.69) is 17.3 Å². The van der Waals surface area contributed by atoms with Gasteiger partial charge in [-0.3, -0.25) is 4.68 Å². The van der Waals surface area contributed by atoms with Crippen molar-refractivity contribution in [3.05, 3.63) is 18.0 Å². The average molecular weight is 197 g/mol. The Hall–Kier alpha value is -0.870. The first-order valence-corrected chi connectivity index (χ1v) is 4.96. The second kappa shape index (κ2) is 5.78. The fraction of sp³-hybridized carbons (Fsp3) is 0.700. The number of aromatic nitrogens is 2. The van der Waals surface area contributed by atoms with Gasteiger partial charge in [-0.15, -0.1) is 0 Å². The molecule has 0 saturated heterocycles. The lowest BCUT2D eigenvalue weighted by atomic mass is 10.2. The van der Waals surface area contributed by atoms with Crippen molar-refractivity contribution in [2.45, 2.75) is 19.4 Å². The fourth-order valence-corrected chi connectivity index (χ4v) is 1.45. The maximum absolute atomic E-state index is 4.98. The highest BCUT2D eigenvalue weighted by molar-refractivity contribution is 5.04. The molecule has 1 rings (SSSR count). The van der Waals surface area contributed by atoms with Crippen LogP contribution in [0.1, 0.15) is 25.1 Å². The Morgan fingerprint density at radius 2 is 2.43 bits per heavy atom. The van der Waals surface area contributed by atoms with E-state index in [4.69, 9.17) is 4.74 Å². The lowest BCUT2D eigenvalue weighted by Gasteiger charge is -2.13. The largest absolute Gasteiger partial charge is 0.385 e. The number of methoxy groups -OCH3 is 1. The quantitative estimate of drug-likeness (QED) is 0.694. The first-order valence-electron chi connectivity index (χ1n) is 4.96. The molecule has 0 aliphatic carbocycles. The van der Waals surface area contributed by atoms with Crippen molar-refractivity contribution in [1.29, 1.82) is 0 Å². The number of hydrogen-bond acceptors (Lipinski definition) is 3. The number of ether oxygens (including phenoxy) is 1. The lowest BCUT2D eigenvalue weighted by molar-refractivity contribution is 0.193. The molecule has 1 heterocycles. The normalized spacial score (nSPS) is 13.1. The van der Waals surface area contributed by atoms with E-state index in [1.807, 2.05) is 24.0 Å². The summed E-state index contributed by atoms with van der Waals surface area (Å²) in [6.07, 6.45) is 2.86. The van der Waals surface area contributed by atoms with Crippen LogP contribution < -0.4 is 5.32 Å². The van der Waals surface area contributed by atoms with Crippen molar-refractivity contribution in [3.8, 4) is 0 Å². The molecule has 0 aromatic carbocycles. The van der Waals surface area contributed by atoms with Crippen molar-refractivity contribution in [2.75, 3.05) is 20.3 Å². The minimum atomic E-state index is 0.347. The molecule has 1 aromatic rings. The van der Waals surface area contributed by atoms with Gasteiger partial charge in [0.05, 0.1) is 5.69 Å². The smallest absolute Gasteiger partial charge is 0.0547 e. The number of hydrogen-bond donors (Lipinski definition) is 1. The number of aryl methyl sites for hydroxylation is 1.